The van der Waals surface area contributed by atoms with Gasteiger partial charge in [-0.25, -0.2) is 0 Å². The fourth-order valence-electron chi connectivity index (χ4n) is 0.944. The predicted octanol–water partition coefficient (Wildman–Crippen LogP) is -0.948. The van der Waals surface area contributed by atoms with Gasteiger partial charge in [0, 0.05) is 26.1 Å². The maximum Gasteiger partial charge on any atom is 0.279 e. The third-order valence-electron chi connectivity index (χ3n) is 2.11. The molecule has 1 rings (SSSR count). The van der Waals surface area contributed by atoms with Crippen LogP contribution in [0.25, 0.3) is 0 Å². The molecule has 0 radical (unpaired) electrons. The van der Waals surface area contributed by atoms with Gasteiger partial charge in [0.2, 0.25) is 0 Å². The van der Waals surface area contributed by atoms with E-state index >= 15 is 0 Å². The molecule has 0 amide bonds. The van der Waals surface area contributed by atoms with Crippen LogP contribution < -0.4 is 10.5 Å². The van der Waals surface area contributed by atoms with Crippen LogP contribution in [0.5, 0.6) is 0 Å². The molecule has 4 N–H and O–H groups in total. The average Bonchev–Trinajstić information content (AvgIpc) is 2.96. The highest BCUT2D eigenvalue weighted by molar-refractivity contribution is 7.87. The summed E-state index contributed by atoms with van der Waals surface area (Å²) in [5, 5.41) is 11.1. The molecule has 7 nitrogen and oxygen atoms in total. The number of amidine groups is 1. The second-order valence-electron chi connectivity index (χ2n) is 3.56. The fraction of sp³-hybridized carbons (Fsp3) is 0.857. The van der Waals surface area contributed by atoms with E-state index in [4.69, 9.17) is 10.9 Å². The normalized spacial score (nSPS) is 18.4. The highest BCUT2D eigenvalue weighted by Crippen LogP contribution is 2.20. The van der Waals surface area contributed by atoms with Crippen LogP contribution in [0.2, 0.25) is 0 Å². The van der Waals surface area contributed by atoms with Gasteiger partial charge in [0.25, 0.3) is 10.2 Å². The highest BCUT2D eigenvalue weighted by atomic mass is 32.2. The lowest BCUT2D eigenvalue weighted by Crippen LogP contribution is -2.40. The van der Waals surface area contributed by atoms with Gasteiger partial charge in [0.05, 0.1) is 0 Å². The third-order valence-corrected chi connectivity index (χ3v) is 3.75. The van der Waals surface area contributed by atoms with Crippen molar-refractivity contribution >= 4 is 16.0 Å². The van der Waals surface area contributed by atoms with Gasteiger partial charge in [0.15, 0.2) is 0 Å². The van der Waals surface area contributed by atoms with Gasteiger partial charge in [-0.1, -0.05) is 5.16 Å². The number of rotatable bonds is 6. The van der Waals surface area contributed by atoms with Crippen molar-refractivity contribution < 1.29 is 13.6 Å². The van der Waals surface area contributed by atoms with E-state index < -0.39 is 10.2 Å². The Balaban J connectivity index is 2.40. The molecule has 0 heterocycles. The summed E-state index contributed by atoms with van der Waals surface area (Å²) < 4.78 is 26.8. The van der Waals surface area contributed by atoms with Gasteiger partial charge in [-0.2, -0.15) is 17.4 Å². The van der Waals surface area contributed by atoms with Gasteiger partial charge >= 0.3 is 0 Å². The Kier molecular flexibility index (Phi) is 3.89. The van der Waals surface area contributed by atoms with E-state index in [2.05, 4.69) is 9.88 Å². The molecule has 0 saturated heterocycles. The number of hydrogen-bond acceptors (Lipinski definition) is 4. The molecule has 0 aromatic carbocycles. The molecular weight excluding hydrogens is 220 g/mol. The summed E-state index contributed by atoms with van der Waals surface area (Å²) in [5.74, 6) is 0.0171. The zero-order valence-corrected chi connectivity index (χ0v) is 9.37. The molecule has 0 bridgehead atoms. The van der Waals surface area contributed by atoms with Gasteiger partial charge < -0.3 is 10.9 Å². The Morgan fingerprint density at radius 2 is 2.27 bits per heavy atom. The van der Waals surface area contributed by atoms with Crippen molar-refractivity contribution in [2.45, 2.75) is 25.3 Å². The maximum absolute atomic E-state index is 11.6. The first kappa shape index (κ1) is 12.2. The monoisotopic (exact) mass is 236 g/mol. The van der Waals surface area contributed by atoms with Crippen LogP contribution in [0, 0.1) is 0 Å². The molecule has 0 aromatic rings. The van der Waals surface area contributed by atoms with Crippen LogP contribution in [0.15, 0.2) is 5.16 Å². The van der Waals surface area contributed by atoms with Gasteiger partial charge in [0.1, 0.15) is 5.84 Å². The molecule has 1 aliphatic rings. The summed E-state index contributed by atoms with van der Waals surface area (Å²) in [4.78, 5) is 0. The van der Waals surface area contributed by atoms with Crippen LogP contribution in [-0.2, 0) is 10.2 Å². The van der Waals surface area contributed by atoms with E-state index in [0.29, 0.717) is 0 Å². The third kappa shape index (κ3) is 4.02. The minimum atomic E-state index is -3.41. The summed E-state index contributed by atoms with van der Waals surface area (Å²) in [6.07, 6.45) is 2.00. The number of nitrogens with one attached hydrogen (secondary N) is 1. The zero-order chi connectivity index (χ0) is 11.5. The summed E-state index contributed by atoms with van der Waals surface area (Å²) in [5.41, 5.74) is 5.24. The molecule has 1 saturated carbocycles. The molecule has 0 aliphatic heterocycles. The lowest BCUT2D eigenvalue weighted by Gasteiger charge is -2.16. The van der Waals surface area contributed by atoms with Gasteiger partial charge in [-0.05, 0) is 12.8 Å². The van der Waals surface area contributed by atoms with Crippen LogP contribution in [0.1, 0.15) is 19.3 Å². The van der Waals surface area contributed by atoms with Gasteiger partial charge in [-0.15, -0.1) is 0 Å². The first-order valence-corrected chi connectivity index (χ1v) is 6.09. The number of nitrogens with zero attached hydrogens (tertiary/aromatic N) is 2. The van der Waals surface area contributed by atoms with Crippen LogP contribution >= 0.6 is 0 Å². The van der Waals surface area contributed by atoms with Crippen molar-refractivity contribution in [3.63, 3.8) is 0 Å². The second kappa shape index (κ2) is 4.77. The first-order chi connectivity index (χ1) is 6.95. The Hall–Kier alpha value is -0.860. The van der Waals surface area contributed by atoms with Gasteiger partial charge in [-0.3, -0.25) is 0 Å². The molecule has 15 heavy (non-hydrogen) atoms. The molecule has 0 aromatic heterocycles. The predicted molar refractivity (Wildman–Crippen MR) is 55.7 cm³/mol. The summed E-state index contributed by atoms with van der Waals surface area (Å²) in [6, 6.07) is 0.0845. The standard InChI is InChI=1S/C7H16N4O3S/c1-11(5-4-7(8)9-12)15(13,14)10-6-2-3-6/h6,10,12H,2-5H2,1H3,(H2,8,9). The Morgan fingerprint density at radius 3 is 2.73 bits per heavy atom. The topological polar surface area (TPSA) is 108 Å². The molecule has 0 spiro atoms. The quantitative estimate of drug-likeness (QED) is 0.239. The minimum Gasteiger partial charge on any atom is -0.409 e. The molecular formula is C7H16N4O3S. The number of hydrogen-bond donors (Lipinski definition) is 3. The van der Waals surface area contributed by atoms with Crippen molar-refractivity contribution in [2.24, 2.45) is 10.9 Å². The zero-order valence-electron chi connectivity index (χ0n) is 8.55. The fourth-order valence-corrected chi connectivity index (χ4v) is 2.11. The van der Waals surface area contributed by atoms with Crippen molar-refractivity contribution in [1.29, 1.82) is 0 Å². The maximum atomic E-state index is 11.6. The van der Waals surface area contributed by atoms with Crippen molar-refractivity contribution in [2.75, 3.05) is 13.6 Å². The SMILES string of the molecule is CN(CCC(N)=NO)S(=O)(=O)NC1CC1. The van der Waals surface area contributed by atoms with E-state index in [-0.39, 0.29) is 24.8 Å². The van der Waals surface area contributed by atoms with E-state index in [9.17, 15) is 8.42 Å². The lowest BCUT2D eigenvalue weighted by molar-refractivity contribution is 0.316. The smallest absolute Gasteiger partial charge is 0.279 e. The minimum absolute atomic E-state index is 0.0171. The average molecular weight is 236 g/mol. The number of nitrogens with two attached hydrogens (primary N) is 1. The van der Waals surface area contributed by atoms with E-state index in [1.165, 1.54) is 7.05 Å². The molecule has 8 heteroatoms. The van der Waals surface area contributed by atoms with Crippen molar-refractivity contribution in [3.05, 3.63) is 0 Å². The second-order valence-corrected chi connectivity index (χ2v) is 5.37. The van der Waals surface area contributed by atoms with Crippen LogP contribution in [0.3, 0.4) is 0 Å². The van der Waals surface area contributed by atoms with E-state index in [0.717, 1.165) is 17.1 Å². The van der Waals surface area contributed by atoms with Crippen LogP contribution in [-0.4, -0.2) is 43.4 Å². The first-order valence-electron chi connectivity index (χ1n) is 4.65. The van der Waals surface area contributed by atoms with E-state index in [1.54, 1.807) is 0 Å². The largest absolute Gasteiger partial charge is 0.409 e. The Morgan fingerprint density at radius 1 is 1.67 bits per heavy atom. The van der Waals surface area contributed by atoms with Crippen LogP contribution in [0.4, 0.5) is 0 Å². The highest BCUT2D eigenvalue weighted by Gasteiger charge is 2.29. The van der Waals surface area contributed by atoms with Crippen molar-refractivity contribution in [3.8, 4) is 0 Å². The molecule has 1 fully saturated rings. The Labute approximate surface area is 89.1 Å². The lowest BCUT2D eigenvalue weighted by atomic mass is 10.4. The van der Waals surface area contributed by atoms with Crippen molar-refractivity contribution in [1.82, 2.24) is 9.03 Å². The Bertz CT molecular complexity index is 336. The molecule has 0 unspecified atom stereocenters. The molecule has 88 valence electrons. The summed E-state index contributed by atoms with van der Waals surface area (Å²) in [6.45, 7) is 0.192. The molecule has 1 aliphatic carbocycles. The van der Waals surface area contributed by atoms with E-state index in [1.807, 2.05) is 0 Å². The summed E-state index contributed by atoms with van der Waals surface area (Å²) in [7, 11) is -1.96. The molecule has 0 atom stereocenters. The number of oxime groups is 1. The summed E-state index contributed by atoms with van der Waals surface area (Å²) >= 11 is 0.